The highest BCUT2D eigenvalue weighted by molar-refractivity contribution is 5.99. The summed E-state index contributed by atoms with van der Waals surface area (Å²) < 4.78 is 43.6. The fourth-order valence-electron chi connectivity index (χ4n) is 4.15. The number of nitrogens with two attached hydrogens (primary N) is 1. The smallest absolute Gasteiger partial charge is 0.266 e. The molecule has 2 aliphatic heterocycles. The lowest BCUT2D eigenvalue weighted by Crippen LogP contribution is -2.35. The molecule has 3 N–H and O–H groups in total. The molecule has 3 heterocycles. The number of halogens is 3. The highest BCUT2D eigenvalue weighted by Gasteiger charge is 2.39. The van der Waals surface area contributed by atoms with E-state index in [-0.39, 0.29) is 36.8 Å². The minimum Gasteiger partial charge on any atom is -0.350 e. The summed E-state index contributed by atoms with van der Waals surface area (Å²) in [4.78, 5) is 9.76. The van der Waals surface area contributed by atoms with Crippen molar-refractivity contribution in [2.75, 3.05) is 25.0 Å². The Morgan fingerprint density at radius 1 is 1.38 bits per heavy atom. The van der Waals surface area contributed by atoms with Crippen LogP contribution in [0.5, 0.6) is 0 Å². The van der Waals surface area contributed by atoms with Gasteiger partial charge in [-0.25, -0.2) is 27.7 Å². The predicted octanol–water partition coefficient (Wildman–Crippen LogP) is 2.65. The Morgan fingerprint density at radius 2 is 2.14 bits per heavy atom. The van der Waals surface area contributed by atoms with Gasteiger partial charge in [0.2, 0.25) is 0 Å². The van der Waals surface area contributed by atoms with Crippen molar-refractivity contribution >= 4 is 17.7 Å². The monoisotopic (exact) mass is 405 g/mol. The molecular weight excluding hydrogens is 381 g/mol. The molecule has 0 bridgehead atoms. The Hall–Kier alpha value is -2.55. The molecule has 2 atom stereocenters. The van der Waals surface area contributed by atoms with Gasteiger partial charge in [-0.05, 0) is 12.8 Å². The molecular formula is C20H24F3N6+. The predicted molar refractivity (Wildman–Crippen MR) is 104 cm³/mol. The first-order valence-corrected chi connectivity index (χ1v) is 9.69. The molecule has 3 aliphatic rings. The van der Waals surface area contributed by atoms with E-state index in [2.05, 4.69) is 9.97 Å². The van der Waals surface area contributed by atoms with Crippen molar-refractivity contribution in [1.29, 1.82) is 5.41 Å². The summed E-state index contributed by atoms with van der Waals surface area (Å²) in [5.41, 5.74) is 8.31. The third-order valence-corrected chi connectivity index (χ3v) is 5.79. The molecule has 0 amide bonds. The van der Waals surface area contributed by atoms with Gasteiger partial charge in [0.25, 0.3) is 5.92 Å². The van der Waals surface area contributed by atoms with E-state index in [9.17, 15) is 13.2 Å². The summed E-state index contributed by atoms with van der Waals surface area (Å²) in [6.45, 7) is -0.184. The van der Waals surface area contributed by atoms with Crippen molar-refractivity contribution < 1.29 is 17.7 Å². The number of nitrogens with one attached hydrogen (secondary N) is 1. The van der Waals surface area contributed by atoms with Gasteiger partial charge in [-0.2, -0.15) is 0 Å². The van der Waals surface area contributed by atoms with E-state index in [0.29, 0.717) is 29.9 Å². The van der Waals surface area contributed by atoms with Gasteiger partial charge in [0.15, 0.2) is 12.4 Å². The fraction of sp³-hybridized carbons (Fsp3) is 0.500. The molecule has 154 valence electrons. The van der Waals surface area contributed by atoms with Crippen LogP contribution >= 0.6 is 0 Å². The molecule has 2 unspecified atom stereocenters. The molecule has 4 rings (SSSR count). The highest BCUT2D eigenvalue weighted by atomic mass is 19.3. The third kappa shape index (κ3) is 3.96. The topological polar surface area (TPSA) is 81.9 Å². The maximum atomic E-state index is 14.7. The number of hydrogen-bond acceptors (Lipinski definition) is 5. The van der Waals surface area contributed by atoms with Crippen LogP contribution in [0.4, 0.5) is 19.0 Å². The first kappa shape index (κ1) is 19.8. The van der Waals surface area contributed by atoms with Crippen LogP contribution in [0.3, 0.4) is 0 Å². The van der Waals surface area contributed by atoms with Crippen LogP contribution < -0.4 is 10.6 Å². The number of anilines is 1. The van der Waals surface area contributed by atoms with E-state index >= 15 is 0 Å². The first-order chi connectivity index (χ1) is 13.7. The van der Waals surface area contributed by atoms with Gasteiger partial charge in [0, 0.05) is 43.0 Å². The SMILES string of the molecule is C[N+]1=CC(C2=C(F)CC(N)C(C(=N)c3cc(N4CCC(F)(F)C4)ncn3)CC2)=C1. The number of alkyl halides is 2. The summed E-state index contributed by atoms with van der Waals surface area (Å²) in [7, 11) is 1.88. The van der Waals surface area contributed by atoms with E-state index in [4.69, 9.17) is 11.1 Å². The third-order valence-electron chi connectivity index (χ3n) is 5.79. The van der Waals surface area contributed by atoms with E-state index < -0.39 is 18.5 Å². The van der Waals surface area contributed by atoms with Gasteiger partial charge in [-0.15, -0.1) is 0 Å². The Bertz CT molecular complexity index is 936. The van der Waals surface area contributed by atoms with Crippen molar-refractivity contribution in [2.45, 2.75) is 37.6 Å². The van der Waals surface area contributed by atoms with Crippen LogP contribution in [-0.4, -0.2) is 58.6 Å². The van der Waals surface area contributed by atoms with Gasteiger partial charge < -0.3 is 16.0 Å². The molecule has 0 saturated carbocycles. The zero-order valence-corrected chi connectivity index (χ0v) is 16.2. The Labute approximate surface area is 167 Å². The molecule has 0 aromatic carbocycles. The molecule has 1 saturated heterocycles. The lowest BCUT2D eigenvalue weighted by molar-refractivity contribution is -0.428. The molecule has 0 radical (unpaired) electrons. The standard InChI is InChI=1S/C20H24F3N6/c1-28-8-12(9-28)13-2-3-14(16(24)6-15(13)21)19(25)17-7-18(27-11-26-17)29-5-4-20(22,23)10-29/h7-9,11,14,16,25H,2-6,10,24H2,1H3/q+1. The average molecular weight is 405 g/mol. The fourth-order valence-corrected chi connectivity index (χ4v) is 4.15. The minimum absolute atomic E-state index is 0.0631. The van der Waals surface area contributed by atoms with Crippen LogP contribution in [0, 0.1) is 11.3 Å². The van der Waals surface area contributed by atoms with Crippen molar-refractivity contribution in [1.82, 2.24) is 9.97 Å². The van der Waals surface area contributed by atoms with Crippen molar-refractivity contribution in [2.24, 2.45) is 11.7 Å². The van der Waals surface area contributed by atoms with Gasteiger partial charge in [0.05, 0.1) is 18.0 Å². The highest BCUT2D eigenvalue weighted by Crippen LogP contribution is 2.35. The van der Waals surface area contributed by atoms with Crippen LogP contribution in [0.15, 0.2) is 35.6 Å². The molecule has 6 nitrogen and oxygen atoms in total. The summed E-state index contributed by atoms with van der Waals surface area (Å²) >= 11 is 0. The van der Waals surface area contributed by atoms with Crippen molar-refractivity contribution in [3.05, 3.63) is 41.3 Å². The maximum Gasteiger partial charge on any atom is 0.266 e. The number of hydrogen-bond donors (Lipinski definition) is 2. The molecule has 1 aromatic rings. The van der Waals surface area contributed by atoms with Gasteiger partial charge in [-0.1, -0.05) is 0 Å². The second-order valence-electron chi connectivity index (χ2n) is 7.98. The van der Waals surface area contributed by atoms with Crippen LogP contribution in [0.2, 0.25) is 0 Å². The zero-order chi connectivity index (χ0) is 20.8. The Kier molecular flexibility index (Phi) is 5.02. The van der Waals surface area contributed by atoms with E-state index in [1.54, 1.807) is 6.07 Å². The lowest BCUT2D eigenvalue weighted by atomic mass is 9.88. The summed E-state index contributed by atoms with van der Waals surface area (Å²) in [6.07, 6.45) is 5.88. The summed E-state index contributed by atoms with van der Waals surface area (Å²) in [6, 6.07) is 1.01. The number of nitrogens with zero attached hydrogens (tertiary/aromatic N) is 4. The number of allylic oxidation sites excluding steroid dienone is 2. The lowest BCUT2D eigenvalue weighted by Gasteiger charge is -2.23. The van der Waals surface area contributed by atoms with Crippen molar-refractivity contribution in [3.63, 3.8) is 0 Å². The molecule has 0 spiro atoms. The van der Waals surface area contributed by atoms with Gasteiger partial charge in [-0.3, -0.25) is 0 Å². The Balaban J connectivity index is 1.50. The molecule has 1 aliphatic carbocycles. The zero-order valence-electron chi connectivity index (χ0n) is 16.2. The summed E-state index contributed by atoms with van der Waals surface area (Å²) in [5.74, 6) is -2.96. The van der Waals surface area contributed by atoms with Crippen molar-refractivity contribution in [3.8, 4) is 0 Å². The maximum absolute atomic E-state index is 14.7. The molecule has 1 aromatic heterocycles. The number of aromatic nitrogens is 2. The second kappa shape index (κ2) is 7.37. The molecule has 29 heavy (non-hydrogen) atoms. The minimum atomic E-state index is -2.73. The molecule has 1 fully saturated rings. The van der Waals surface area contributed by atoms with E-state index in [1.807, 2.05) is 24.0 Å². The van der Waals surface area contributed by atoms with Crippen LogP contribution in [-0.2, 0) is 0 Å². The number of rotatable bonds is 4. The van der Waals surface area contributed by atoms with Crippen LogP contribution in [0.1, 0.15) is 31.4 Å². The first-order valence-electron chi connectivity index (χ1n) is 9.69. The second-order valence-corrected chi connectivity index (χ2v) is 7.98. The Morgan fingerprint density at radius 3 is 2.79 bits per heavy atom. The quantitative estimate of drug-likeness (QED) is 0.596. The van der Waals surface area contributed by atoms with E-state index in [0.717, 1.165) is 5.57 Å². The van der Waals surface area contributed by atoms with E-state index in [1.165, 1.54) is 11.2 Å². The molecule has 9 heteroatoms. The summed E-state index contributed by atoms with van der Waals surface area (Å²) in [5, 5.41) is 8.62. The average Bonchev–Trinajstić information content (AvgIpc) is 2.95. The van der Waals surface area contributed by atoms with Gasteiger partial charge >= 0.3 is 0 Å². The van der Waals surface area contributed by atoms with Gasteiger partial charge in [0.1, 0.15) is 30.6 Å². The largest absolute Gasteiger partial charge is 0.350 e. The normalized spacial score (nSPS) is 26.6. The van der Waals surface area contributed by atoms with Crippen LogP contribution in [0.25, 0.3) is 0 Å².